The zero-order chi connectivity index (χ0) is 16.5. The number of aryl methyl sites for hydroxylation is 1. The van der Waals surface area contributed by atoms with Crippen molar-refractivity contribution in [3.8, 4) is 0 Å². The molecular weight excluding hydrogens is 322 g/mol. The van der Waals surface area contributed by atoms with E-state index in [1.165, 1.54) is 24.3 Å². The van der Waals surface area contributed by atoms with E-state index in [4.69, 9.17) is 0 Å². The van der Waals surface area contributed by atoms with Crippen LogP contribution < -0.4 is 0 Å². The summed E-state index contributed by atoms with van der Waals surface area (Å²) >= 11 is 0. The first kappa shape index (κ1) is 16.5. The van der Waals surface area contributed by atoms with Gasteiger partial charge in [-0.25, -0.2) is 16.8 Å². The zero-order valence-electron chi connectivity index (χ0n) is 12.5. The van der Waals surface area contributed by atoms with Crippen LogP contribution in [0.1, 0.15) is 5.56 Å². The van der Waals surface area contributed by atoms with Gasteiger partial charge in [0, 0.05) is 25.9 Å². The SMILES string of the molecule is Cc1ccc(S(=O)(=O)S(=O)(=O)C2=CC=C/C2=C\N(C)C)cc1. The van der Waals surface area contributed by atoms with Gasteiger partial charge in [-0.3, -0.25) is 0 Å². The molecule has 2 rings (SSSR count). The van der Waals surface area contributed by atoms with E-state index in [0.29, 0.717) is 5.57 Å². The highest BCUT2D eigenvalue weighted by molar-refractivity contribution is 8.68. The molecule has 0 fully saturated rings. The summed E-state index contributed by atoms with van der Waals surface area (Å²) < 4.78 is 50.1. The van der Waals surface area contributed by atoms with E-state index in [0.717, 1.165) is 5.56 Å². The lowest BCUT2D eigenvalue weighted by Gasteiger charge is -2.11. The lowest BCUT2D eigenvalue weighted by molar-refractivity contribution is 0.560. The molecule has 0 N–H and O–H groups in total. The molecule has 1 aromatic carbocycles. The minimum atomic E-state index is -4.52. The molecule has 0 aliphatic heterocycles. The van der Waals surface area contributed by atoms with Crippen molar-refractivity contribution >= 4 is 17.7 Å². The Labute approximate surface area is 130 Å². The second kappa shape index (κ2) is 5.73. The van der Waals surface area contributed by atoms with Gasteiger partial charge in [-0.05, 0) is 25.1 Å². The van der Waals surface area contributed by atoms with Crippen LogP contribution in [0.4, 0.5) is 0 Å². The molecule has 0 heterocycles. The lowest BCUT2D eigenvalue weighted by atomic mass is 10.2. The van der Waals surface area contributed by atoms with Crippen molar-refractivity contribution < 1.29 is 16.8 Å². The van der Waals surface area contributed by atoms with Gasteiger partial charge in [0.2, 0.25) is 0 Å². The van der Waals surface area contributed by atoms with Gasteiger partial charge in [0.1, 0.15) is 0 Å². The maximum Gasteiger partial charge on any atom is 0.287 e. The Kier molecular flexibility index (Phi) is 4.30. The van der Waals surface area contributed by atoms with Crippen LogP contribution in [0, 0.1) is 6.92 Å². The molecular formula is C15H17NO4S2. The molecule has 0 saturated carbocycles. The van der Waals surface area contributed by atoms with Crippen LogP contribution in [0.25, 0.3) is 0 Å². The largest absolute Gasteiger partial charge is 0.383 e. The quantitative estimate of drug-likeness (QED) is 0.785. The van der Waals surface area contributed by atoms with E-state index >= 15 is 0 Å². The molecule has 1 aliphatic rings. The first-order valence-electron chi connectivity index (χ1n) is 6.50. The van der Waals surface area contributed by atoms with Crippen molar-refractivity contribution in [1.29, 1.82) is 0 Å². The lowest BCUT2D eigenvalue weighted by Crippen LogP contribution is -2.18. The molecule has 0 spiro atoms. The van der Waals surface area contributed by atoms with Gasteiger partial charge in [0.05, 0.1) is 9.80 Å². The highest BCUT2D eigenvalue weighted by Gasteiger charge is 2.37. The van der Waals surface area contributed by atoms with Crippen LogP contribution in [-0.4, -0.2) is 35.8 Å². The van der Waals surface area contributed by atoms with Crippen LogP contribution in [0.2, 0.25) is 0 Å². The van der Waals surface area contributed by atoms with Gasteiger partial charge in [-0.1, -0.05) is 29.8 Å². The Morgan fingerprint density at radius 2 is 1.55 bits per heavy atom. The number of hydrogen-bond acceptors (Lipinski definition) is 5. The number of benzene rings is 1. The fourth-order valence-corrected chi connectivity index (χ4v) is 5.85. The average molecular weight is 339 g/mol. The molecule has 1 aliphatic carbocycles. The normalized spacial score (nSPS) is 16.9. The van der Waals surface area contributed by atoms with E-state index in [1.807, 2.05) is 0 Å². The van der Waals surface area contributed by atoms with E-state index in [-0.39, 0.29) is 9.80 Å². The summed E-state index contributed by atoms with van der Waals surface area (Å²) in [6.45, 7) is 1.80. The van der Waals surface area contributed by atoms with Crippen molar-refractivity contribution in [2.45, 2.75) is 11.8 Å². The summed E-state index contributed by atoms with van der Waals surface area (Å²) in [5, 5.41) is 0. The standard InChI is InChI=1S/C15H17NO4S2/c1-12-7-9-14(10-8-12)21(17,18)22(19,20)15-6-4-5-13(15)11-16(2)3/h4-11H,1-3H3/b13-11+. The van der Waals surface area contributed by atoms with E-state index < -0.39 is 17.7 Å². The Bertz CT molecular complexity index is 872. The van der Waals surface area contributed by atoms with E-state index in [2.05, 4.69) is 0 Å². The maximum absolute atomic E-state index is 12.6. The monoisotopic (exact) mass is 339 g/mol. The van der Waals surface area contributed by atoms with Crippen molar-refractivity contribution in [3.05, 3.63) is 64.7 Å². The highest BCUT2D eigenvalue weighted by Crippen LogP contribution is 2.31. The van der Waals surface area contributed by atoms with Crippen LogP contribution in [0.5, 0.6) is 0 Å². The Morgan fingerprint density at radius 3 is 2.09 bits per heavy atom. The smallest absolute Gasteiger partial charge is 0.287 e. The molecule has 0 unspecified atom stereocenters. The number of hydrogen-bond donors (Lipinski definition) is 0. The van der Waals surface area contributed by atoms with Crippen LogP contribution in [0.3, 0.4) is 0 Å². The second-order valence-corrected chi connectivity index (χ2v) is 10.5. The van der Waals surface area contributed by atoms with E-state index in [9.17, 15) is 16.8 Å². The summed E-state index contributed by atoms with van der Waals surface area (Å²) in [4.78, 5) is 1.23. The first-order chi connectivity index (χ1) is 10.2. The minimum absolute atomic E-state index is 0.207. The molecule has 1 aromatic rings. The van der Waals surface area contributed by atoms with Gasteiger partial charge < -0.3 is 4.90 Å². The van der Waals surface area contributed by atoms with Crippen LogP contribution >= 0.6 is 0 Å². The minimum Gasteiger partial charge on any atom is -0.383 e. The van der Waals surface area contributed by atoms with Gasteiger partial charge in [0.25, 0.3) is 17.7 Å². The third-order valence-electron chi connectivity index (χ3n) is 3.07. The Hall–Kier alpha value is -1.86. The van der Waals surface area contributed by atoms with Crippen LogP contribution in [0.15, 0.2) is 64.1 Å². The number of allylic oxidation sites excluding steroid dienone is 4. The molecule has 0 aromatic heterocycles. The molecule has 0 atom stereocenters. The van der Waals surface area contributed by atoms with Crippen molar-refractivity contribution in [2.75, 3.05) is 14.1 Å². The van der Waals surface area contributed by atoms with Crippen molar-refractivity contribution in [3.63, 3.8) is 0 Å². The van der Waals surface area contributed by atoms with E-state index in [1.54, 1.807) is 50.3 Å². The van der Waals surface area contributed by atoms with Gasteiger partial charge >= 0.3 is 0 Å². The fourth-order valence-electron chi connectivity index (χ4n) is 1.98. The average Bonchev–Trinajstić information content (AvgIpc) is 2.87. The van der Waals surface area contributed by atoms with Gasteiger partial charge in [0.15, 0.2) is 0 Å². The summed E-state index contributed by atoms with van der Waals surface area (Å²) in [6.07, 6.45) is 5.96. The molecule has 22 heavy (non-hydrogen) atoms. The number of nitrogens with zero attached hydrogens (tertiary/aromatic N) is 1. The summed E-state index contributed by atoms with van der Waals surface area (Å²) in [5.41, 5.74) is 1.20. The van der Waals surface area contributed by atoms with Gasteiger partial charge in [-0.2, -0.15) is 0 Å². The molecule has 0 amide bonds. The third-order valence-corrected chi connectivity index (χ3v) is 8.26. The predicted molar refractivity (Wildman–Crippen MR) is 86.3 cm³/mol. The topological polar surface area (TPSA) is 71.5 Å². The third kappa shape index (κ3) is 2.86. The van der Waals surface area contributed by atoms with Crippen LogP contribution in [-0.2, 0) is 17.7 Å². The fraction of sp³-hybridized carbons (Fsp3) is 0.200. The molecule has 118 valence electrons. The first-order valence-corrected chi connectivity index (χ1v) is 9.98. The molecule has 0 radical (unpaired) electrons. The zero-order valence-corrected chi connectivity index (χ0v) is 14.1. The van der Waals surface area contributed by atoms with Crippen molar-refractivity contribution in [1.82, 2.24) is 4.90 Å². The van der Waals surface area contributed by atoms with Crippen molar-refractivity contribution in [2.24, 2.45) is 0 Å². The second-order valence-electron chi connectivity index (χ2n) is 5.16. The highest BCUT2D eigenvalue weighted by atomic mass is 33.2. The van der Waals surface area contributed by atoms with Gasteiger partial charge in [-0.15, -0.1) is 0 Å². The predicted octanol–water partition coefficient (Wildman–Crippen LogP) is 2.00. The molecule has 0 saturated heterocycles. The Morgan fingerprint density at radius 1 is 0.955 bits per heavy atom. The molecule has 5 nitrogen and oxygen atoms in total. The molecule has 0 bridgehead atoms. The summed E-state index contributed by atoms with van der Waals surface area (Å²) in [6, 6.07) is 5.75. The summed E-state index contributed by atoms with van der Waals surface area (Å²) in [5.74, 6) is 0. The number of rotatable bonds is 4. The maximum atomic E-state index is 12.6. The Balaban J connectivity index is 2.53. The summed E-state index contributed by atoms with van der Waals surface area (Å²) in [7, 11) is -5.56. The molecule has 7 heteroatoms.